The van der Waals surface area contributed by atoms with Gasteiger partial charge in [-0.05, 0) is 13.0 Å². The molecule has 78 valence electrons. The second-order valence-electron chi connectivity index (χ2n) is 3.18. The van der Waals surface area contributed by atoms with Gasteiger partial charge in [-0.2, -0.15) is 5.10 Å². The average molecular weight is 204 g/mol. The van der Waals surface area contributed by atoms with Gasteiger partial charge in [-0.15, -0.1) is 0 Å². The Kier molecular flexibility index (Phi) is 2.29. The van der Waals surface area contributed by atoms with E-state index in [9.17, 15) is 0 Å². The molecule has 0 radical (unpaired) electrons. The van der Waals surface area contributed by atoms with Gasteiger partial charge >= 0.3 is 0 Å². The average Bonchev–Trinajstić information content (AvgIpc) is 2.58. The van der Waals surface area contributed by atoms with E-state index in [1.165, 1.54) is 0 Å². The third kappa shape index (κ3) is 1.76. The van der Waals surface area contributed by atoms with Gasteiger partial charge in [-0.25, -0.2) is 9.67 Å². The summed E-state index contributed by atoms with van der Waals surface area (Å²) in [4.78, 5) is 4.09. The van der Waals surface area contributed by atoms with Crippen molar-refractivity contribution in [2.45, 2.75) is 6.92 Å². The van der Waals surface area contributed by atoms with Crippen LogP contribution < -0.4 is 10.5 Å². The summed E-state index contributed by atoms with van der Waals surface area (Å²) in [6.07, 6.45) is 1.67. The van der Waals surface area contributed by atoms with E-state index in [1.54, 1.807) is 24.1 Å². The van der Waals surface area contributed by atoms with Crippen molar-refractivity contribution in [3.63, 3.8) is 0 Å². The number of hydrogen-bond donors (Lipinski definition) is 1. The van der Waals surface area contributed by atoms with Gasteiger partial charge in [0.05, 0.1) is 24.7 Å². The summed E-state index contributed by atoms with van der Waals surface area (Å²) in [5, 5.41) is 4.25. The molecular formula is C10H12N4O. The SMILES string of the molecule is COc1ccc(-n2nc(C)cc2N)cn1. The van der Waals surface area contributed by atoms with Crippen molar-refractivity contribution in [1.29, 1.82) is 0 Å². The zero-order chi connectivity index (χ0) is 10.8. The molecule has 2 rings (SSSR count). The number of rotatable bonds is 2. The van der Waals surface area contributed by atoms with E-state index >= 15 is 0 Å². The summed E-state index contributed by atoms with van der Waals surface area (Å²) in [5.74, 6) is 1.17. The molecular weight excluding hydrogens is 192 g/mol. The second-order valence-corrected chi connectivity index (χ2v) is 3.18. The van der Waals surface area contributed by atoms with Crippen molar-refractivity contribution < 1.29 is 4.74 Å². The Labute approximate surface area is 87.5 Å². The lowest BCUT2D eigenvalue weighted by Crippen LogP contribution is -2.02. The number of pyridine rings is 1. The molecule has 0 bridgehead atoms. The minimum absolute atomic E-state index is 0.571. The third-order valence-corrected chi connectivity index (χ3v) is 2.03. The lowest BCUT2D eigenvalue weighted by Gasteiger charge is -2.04. The van der Waals surface area contributed by atoms with Crippen molar-refractivity contribution in [1.82, 2.24) is 14.8 Å². The van der Waals surface area contributed by atoms with Gasteiger partial charge in [0.25, 0.3) is 0 Å². The Bertz CT molecular complexity index is 461. The van der Waals surface area contributed by atoms with Crippen LogP contribution in [0.3, 0.4) is 0 Å². The van der Waals surface area contributed by atoms with Crippen LogP contribution in [0.25, 0.3) is 5.69 Å². The Morgan fingerprint density at radius 1 is 1.40 bits per heavy atom. The summed E-state index contributed by atoms with van der Waals surface area (Å²) >= 11 is 0. The molecule has 0 fully saturated rings. The number of nitrogens with two attached hydrogens (primary N) is 1. The molecule has 15 heavy (non-hydrogen) atoms. The number of ether oxygens (including phenoxy) is 1. The standard InChI is InChI=1S/C10H12N4O/c1-7-5-9(11)14(13-7)8-3-4-10(15-2)12-6-8/h3-6H,11H2,1-2H3. The zero-order valence-corrected chi connectivity index (χ0v) is 8.64. The number of hydrogen-bond acceptors (Lipinski definition) is 4. The minimum Gasteiger partial charge on any atom is -0.481 e. The Balaban J connectivity index is 2.41. The van der Waals surface area contributed by atoms with Crippen molar-refractivity contribution in [2.75, 3.05) is 12.8 Å². The Morgan fingerprint density at radius 3 is 2.67 bits per heavy atom. The molecule has 0 aliphatic rings. The van der Waals surface area contributed by atoms with Gasteiger partial charge in [0.2, 0.25) is 5.88 Å². The number of methoxy groups -OCH3 is 1. The van der Waals surface area contributed by atoms with Gasteiger partial charge in [0.15, 0.2) is 0 Å². The summed E-state index contributed by atoms with van der Waals surface area (Å²) in [5.41, 5.74) is 7.48. The first-order valence-corrected chi connectivity index (χ1v) is 4.53. The summed E-state index contributed by atoms with van der Waals surface area (Å²) in [6, 6.07) is 5.44. The van der Waals surface area contributed by atoms with Crippen LogP contribution in [0.15, 0.2) is 24.4 Å². The number of nitrogen functional groups attached to an aromatic ring is 1. The normalized spacial score (nSPS) is 10.3. The van der Waals surface area contributed by atoms with Gasteiger partial charge in [-0.1, -0.05) is 0 Å². The fourth-order valence-corrected chi connectivity index (χ4v) is 1.34. The first kappa shape index (κ1) is 9.51. The molecule has 2 aromatic rings. The first-order chi connectivity index (χ1) is 7.20. The fraction of sp³-hybridized carbons (Fsp3) is 0.200. The lowest BCUT2D eigenvalue weighted by molar-refractivity contribution is 0.397. The monoisotopic (exact) mass is 204 g/mol. The molecule has 0 saturated carbocycles. The first-order valence-electron chi connectivity index (χ1n) is 4.53. The molecule has 0 aromatic carbocycles. The molecule has 0 aliphatic heterocycles. The summed E-state index contributed by atoms with van der Waals surface area (Å²) in [7, 11) is 1.58. The van der Waals surface area contributed by atoms with Crippen molar-refractivity contribution >= 4 is 5.82 Å². The molecule has 5 heteroatoms. The van der Waals surface area contributed by atoms with Crippen molar-refractivity contribution in [2.24, 2.45) is 0 Å². The van der Waals surface area contributed by atoms with Crippen LogP contribution in [0.2, 0.25) is 0 Å². The highest BCUT2D eigenvalue weighted by molar-refractivity contribution is 5.42. The summed E-state index contributed by atoms with van der Waals surface area (Å²) in [6.45, 7) is 1.89. The van der Waals surface area contributed by atoms with Crippen molar-refractivity contribution in [3.8, 4) is 11.6 Å². The van der Waals surface area contributed by atoms with E-state index in [0.717, 1.165) is 11.4 Å². The molecule has 5 nitrogen and oxygen atoms in total. The van der Waals surface area contributed by atoms with Gasteiger partial charge in [0, 0.05) is 12.1 Å². The van der Waals surface area contributed by atoms with Crippen LogP contribution in [0.5, 0.6) is 5.88 Å². The molecule has 0 atom stereocenters. The van der Waals surface area contributed by atoms with Gasteiger partial charge in [0.1, 0.15) is 5.82 Å². The number of anilines is 1. The maximum Gasteiger partial charge on any atom is 0.213 e. The largest absolute Gasteiger partial charge is 0.481 e. The lowest BCUT2D eigenvalue weighted by atomic mass is 10.4. The number of nitrogens with zero attached hydrogens (tertiary/aromatic N) is 3. The highest BCUT2D eigenvalue weighted by Gasteiger charge is 2.04. The van der Waals surface area contributed by atoms with Gasteiger partial charge in [-0.3, -0.25) is 0 Å². The highest BCUT2D eigenvalue weighted by atomic mass is 16.5. The van der Waals surface area contributed by atoms with Crippen LogP contribution in [-0.4, -0.2) is 21.9 Å². The molecule has 2 N–H and O–H groups in total. The van der Waals surface area contributed by atoms with Crippen molar-refractivity contribution in [3.05, 3.63) is 30.1 Å². The van der Waals surface area contributed by atoms with Crippen LogP contribution in [0.4, 0.5) is 5.82 Å². The molecule has 0 amide bonds. The third-order valence-electron chi connectivity index (χ3n) is 2.03. The van der Waals surface area contributed by atoms with Crippen LogP contribution in [0.1, 0.15) is 5.69 Å². The van der Waals surface area contributed by atoms with E-state index in [2.05, 4.69) is 10.1 Å². The Hall–Kier alpha value is -2.04. The molecule has 0 aliphatic carbocycles. The minimum atomic E-state index is 0.571. The molecule has 0 saturated heterocycles. The summed E-state index contributed by atoms with van der Waals surface area (Å²) < 4.78 is 6.61. The van der Waals surface area contributed by atoms with E-state index in [4.69, 9.17) is 10.5 Å². The molecule has 0 spiro atoms. The Morgan fingerprint density at radius 2 is 2.20 bits per heavy atom. The predicted octanol–water partition coefficient (Wildman–Crippen LogP) is 1.17. The zero-order valence-electron chi connectivity index (χ0n) is 8.64. The van der Waals surface area contributed by atoms with E-state index in [0.29, 0.717) is 11.7 Å². The van der Waals surface area contributed by atoms with E-state index < -0.39 is 0 Å². The fourth-order valence-electron chi connectivity index (χ4n) is 1.34. The molecule has 2 aromatic heterocycles. The number of aryl methyl sites for hydroxylation is 1. The number of aromatic nitrogens is 3. The topological polar surface area (TPSA) is 66.0 Å². The van der Waals surface area contributed by atoms with Crippen LogP contribution in [-0.2, 0) is 0 Å². The van der Waals surface area contributed by atoms with Crippen LogP contribution >= 0.6 is 0 Å². The maximum atomic E-state index is 5.79. The van der Waals surface area contributed by atoms with Crippen LogP contribution in [0, 0.1) is 6.92 Å². The maximum absolute atomic E-state index is 5.79. The van der Waals surface area contributed by atoms with E-state index in [1.807, 2.05) is 19.1 Å². The van der Waals surface area contributed by atoms with Gasteiger partial charge < -0.3 is 10.5 Å². The predicted molar refractivity (Wildman–Crippen MR) is 57.1 cm³/mol. The highest BCUT2D eigenvalue weighted by Crippen LogP contribution is 2.15. The molecule has 0 unspecified atom stereocenters. The molecule has 2 heterocycles. The second kappa shape index (κ2) is 3.61. The smallest absolute Gasteiger partial charge is 0.213 e. The van der Waals surface area contributed by atoms with E-state index in [-0.39, 0.29) is 0 Å². The quantitative estimate of drug-likeness (QED) is 0.797.